The largest absolute Gasteiger partial charge is 0.481 e. The number of rotatable bonds is 6. The first-order valence-corrected chi connectivity index (χ1v) is 7.47. The molecule has 0 atom stereocenters. The SMILES string of the molecule is O=C(O)CCCc1csc(NC(=O)c2ccsc2)n1. The van der Waals surface area contributed by atoms with Gasteiger partial charge >= 0.3 is 5.97 Å². The van der Waals surface area contributed by atoms with E-state index < -0.39 is 5.97 Å². The summed E-state index contributed by atoms with van der Waals surface area (Å²) in [5, 5.41) is 17.3. The molecule has 0 aliphatic heterocycles. The summed E-state index contributed by atoms with van der Waals surface area (Å²) in [6.45, 7) is 0. The zero-order valence-electron chi connectivity index (χ0n) is 9.96. The summed E-state index contributed by atoms with van der Waals surface area (Å²) in [5.41, 5.74) is 1.43. The van der Waals surface area contributed by atoms with Crippen molar-refractivity contribution < 1.29 is 14.7 Å². The Bertz CT molecular complexity index is 563. The third-order valence-corrected chi connectivity index (χ3v) is 3.87. The van der Waals surface area contributed by atoms with Gasteiger partial charge in [-0.2, -0.15) is 11.3 Å². The van der Waals surface area contributed by atoms with Crippen molar-refractivity contribution in [1.29, 1.82) is 0 Å². The number of aliphatic carboxylic acids is 1. The van der Waals surface area contributed by atoms with Gasteiger partial charge in [-0.3, -0.25) is 14.9 Å². The zero-order chi connectivity index (χ0) is 13.7. The Hall–Kier alpha value is -1.73. The number of carbonyl (C=O) groups excluding carboxylic acids is 1. The summed E-state index contributed by atoms with van der Waals surface area (Å²) < 4.78 is 0. The van der Waals surface area contributed by atoms with E-state index in [1.54, 1.807) is 11.4 Å². The molecule has 19 heavy (non-hydrogen) atoms. The maximum atomic E-state index is 11.8. The Kier molecular flexibility index (Phi) is 4.64. The molecule has 2 heterocycles. The van der Waals surface area contributed by atoms with E-state index in [0.717, 1.165) is 5.69 Å². The number of nitrogens with zero attached hydrogens (tertiary/aromatic N) is 1. The van der Waals surface area contributed by atoms with Crippen LogP contribution in [0.3, 0.4) is 0 Å². The van der Waals surface area contributed by atoms with Crippen molar-refractivity contribution in [3.8, 4) is 0 Å². The quantitative estimate of drug-likeness (QED) is 0.859. The normalized spacial score (nSPS) is 10.3. The highest BCUT2D eigenvalue weighted by Crippen LogP contribution is 2.18. The number of aryl methyl sites for hydroxylation is 1. The predicted octanol–water partition coefficient (Wildman–Crippen LogP) is 2.86. The first-order valence-electron chi connectivity index (χ1n) is 5.65. The number of carboxylic acids is 1. The van der Waals surface area contributed by atoms with E-state index >= 15 is 0 Å². The van der Waals surface area contributed by atoms with Gasteiger partial charge in [-0.25, -0.2) is 4.98 Å². The number of thiazole rings is 1. The van der Waals surface area contributed by atoms with E-state index in [1.807, 2.05) is 10.8 Å². The zero-order valence-corrected chi connectivity index (χ0v) is 11.6. The van der Waals surface area contributed by atoms with E-state index in [-0.39, 0.29) is 12.3 Å². The fourth-order valence-corrected chi connectivity index (χ4v) is 2.84. The third-order valence-electron chi connectivity index (χ3n) is 2.38. The summed E-state index contributed by atoms with van der Waals surface area (Å²) in [6, 6.07) is 1.75. The topological polar surface area (TPSA) is 79.3 Å². The molecule has 100 valence electrons. The Morgan fingerprint density at radius 1 is 1.37 bits per heavy atom. The molecule has 2 N–H and O–H groups in total. The summed E-state index contributed by atoms with van der Waals surface area (Å²) >= 11 is 2.81. The van der Waals surface area contributed by atoms with Crippen molar-refractivity contribution in [2.24, 2.45) is 0 Å². The Balaban J connectivity index is 1.87. The van der Waals surface area contributed by atoms with Crippen molar-refractivity contribution in [2.75, 3.05) is 5.32 Å². The van der Waals surface area contributed by atoms with Crippen molar-refractivity contribution in [1.82, 2.24) is 4.98 Å². The first-order chi connectivity index (χ1) is 9.15. The third kappa shape index (κ3) is 4.15. The molecule has 0 radical (unpaired) electrons. The van der Waals surface area contributed by atoms with E-state index in [4.69, 9.17) is 5.11 Å². The van der Waals surface area contributed by atoms with Crippen LogP contribution in [0.4, 0.5) is 5.13 Å². The lowest BCUT2D eigenvalue weighted by Crippen LogP contribution is -2.10. The molecule has 0 bridgehead atoms. The molecule has 0 saturated carbocycles. The highest BCUT2D eigenvalue weighted by Gasteiger charge is 2.09. The van der Waals surface area contributed by atoms with E-state index in [1.165, 1.54) is 22.7 Å². The molecule has 0 unspecified atom stereocenters. The van der Waals surface area contributed by atoms with Gasteiger partial charge in [0.05, 0.1) is 11.3 Å². The molecule has 7 heteroatoms. The second kappa shape index (κ2) is 6.44. The van der Waals surface area contributed by atoms with Gasteiger partial charge in [-0.15, -0.1) is 11.3 Å². The van der Waals surface area contributed by atoms with Crippen LogP contribution in [0.2, 0.25) is 0 Å². The van der Waals surface area contributed by atoms with Crippen LogP contribution in [0.15, 0.2) is 22.2 Å². The van der Waals surface area contributed by atoms with Crippen LogP contribution in [-0.4, -0.2) is 22.0 Å². The van der Waals surface area contributed by atoms with Gasteiger partial charge in [0.25, 0.3) is 5.91 Å². The van der Waals surface area contributed by atoms with Gasteiger partial charge in [0.15, 0.2) is 5.13 Å². The van der Waals surface area contributed by atoms with Gasteiger partial charge in [0.2, 0.25) is 0 Å². The number of thiophene rings is 1. The van der Waals surface area contributed by atoms with Crippen LogP contribution in [0, 0.1) is 0 Å². The van der Waals surface area contributed by atoms with Crippen molar-refractivity contribution in [2.45, 2.75) is 19.3 Å². The number of hydrogen-bond acceptors (Lipinski definition) is 5. The number of carboxylic acid groups (broad SMARTS) is 1. The van der Waals surface area contributed by atoms with Crippen molar-refractivity contribution in [3.63, 3.8) is 0 Å². The number of carbonyl (C=O) groups is 2. The van der Waals surface area contributed by atoms with Gasteiger partial charge < -0.3 is 5.11 Å². The molecule has 2 rings (SSSR count). The number of anilines is 1. The summed E-state index contributed by atoms with van der Waals surface area (Å²) in [4.78, 5) is 26.4. The molecule has 2 aromatic heterocycles. The fraction of sp³-hybridized carbons (Fsp3) is 0.250. The monoisotopic (exact) mass is 296 g/mol. The fourth-order valence-electron chi connectivity index (χ4n) is 1.46. The molecule has 0 saturated heterocycles. The maximum absolute atomic E-state index is 11.8. The molecule has 0 aromatic carbocycles. The molecule has 0 spiro atoms. The van der Waals surface area contributed by atoms with E-state index in [0.29, 0.717) is 23.5 Å². The Morgan fingerprint density at radius 2 is 2.21 bits per heavy atom. The summed E-state index contributed by atoms with van der Waals surface area (Å²) in [5.74, 6) is -0.978. The van der Waals surface area contributed by atoms with Crippen LogP contribution in [-0.2, 0) is 11.2 Å². The highest BCUT2D eigenvalue weighted by atomic mass is 32.1. The van der Waals surface area contributed by atoms with E-state index in [9.17, 15) is 9.59 Å². The van der Waals surface area contributed by atoms with Crippen molar-refractivity contribution >= 4 is 39.7 Å². The average Bonchev–Trinajstić information content (AvgIpc) is 2.99. The Morgan fingerprint density at radius 3 is 2.89 bits per heavy atom. The average molecular weight is 296 g/mol. The highest BCUT2D eigenvalue weighted by molar-refractivity contribution is 7.14. The van der Waals surface area contributed by atoms with Crippen LogP contribution in [0.1, 0.15) is 28.9 Å². The lowest BCUT2D eigenvalue weighted by atomic mass is 10.2. The van der Waals surface area contributed by atoms with E-state index in [2.05, 4.69) is 10.3 Å². The first kappa shape index (κ1) is 13.7. The summed E-state index contributed by atoms with van der Waals surface area (Å²) in [6.07, 6.45) is 1.29. The molecular weight excluding hydrogens is 284 g/mol. The number of hydrogen-bond donors (Lipinski definition) is 2. The molecule has 0 aliphatic carbocycles. The minimum absolute atomic E-state index is 0.133. The molecule has 1 amide bonds. The smallest absolute Gasteiger partial charge is 0.303 e. The lowest BCUT2D eigenvalue weighted by molar-refractivity contribution is -0.137. The van der Waals surface area contributed by atoms with Crippen LogP contribution < -0.4 is 5.32 Å². The summed E-state index contributed by atoms with van der Waals surface area (Å²) in [7, 11) is 0. The second-order valence-electron chi connectivity index (χ2n) is 3.86. The van der Waals surface area contributed by atoms with Crippen LogP contribution >= 0.6 is 22.7 Å². The minimum Gasteiger partial charge on any atom is -0.481 e. The van der Waals surface area contributed by atoms with Crippen molar-refractivity contribution in [3.05, 3.63) is 33.5 Å². The lowest BCUT2D eigenvalue weighted by Gasteiger charge is -1.98. The standard InChI is InChI=1S/C12H12N2O3S2/c15-10(16)3-1-2-9-7-19-12(13-9)14-11(17)8-4-5-18-6-8/h4-7H,1-3H2,(H,15,16)(H,13,14,17). The molecular formula is C12H12N2O3S2. The molecule has 0 aliphatic rings. The maximum Gasteiger partial charge on any atom is 0.303 e. The number of nitrogens with one attached hydrogen (secondary N) is 1. The molecule has 0 fully saturated rings. The minimum atomic E-state index is -0.804. The van der Waals surface area contributed by atoms with Crippen LogP contribution in [0.5, 0.6) is 0 Å². The number of amides is 1. The Labute approximate surface area is 117 Å². The second-order valence-corrected chi connectivity index (χ2v) is 5.50. The molecule has 5 nitrogen and oxygen atoms in total. The molecule has 2 aromatic rings. The van der Waals surface area contributed by atoms with Gasteiger partial charge in [-0.05, 0) is 24.3 Å². The van der Waals surface area contributed by atoms with Gasteiger partial charge in [0.1, 0.15) is 0 Å². The van der Waals surface area contributed by atoms with Crippen LogP contribution in [0.25, 0.3) is 0 Å². The van der Waals surface area contributed by atoms with Gasteiger partial charge in [0, 0.05) is 17.2 Å². The van der Waals surface area contributed by atoms with Gasteiger partial charge in [-0.1, -0.05) is 0 Å². The number of aromatic nitrogens is 1. The predicted molar refractivity (Wildman–Crippen MR) is 75.0 cm³/mol.